The zero-order chi connectivity index (χ0) is 18.7. The van der Waals surface area contributed by atoms with Gasteiger partial charge in [0.1, 0.15) is 11.6 Å². The highest BCUT2D eigenvalue weighted by molar-refractivity contribution is 7.89. The second kappa shape index (κ2) is 7.47. The Morgan fingerprint density at radius 2 is 1.88 bits per heavy atom. The van der Waals surface area contributed by atoms with Crippen LogP contribution < -0.4 is 9.46 Å². The summed E-state index contributed by atoms with van der Waals surface area (Å²) in [5.74, 6) is 0.308. The van der Waals surface area contributed by atoms with Gasteiger partial charge in [0.25, 0.3) is 0 Å². The predicted molar refractivity (Wildman–Crippen MR) is 99.4 cm³/mol. The summed E-state index contributed by atoms with van der Waals surface area (Å²) in [7, 11) is -3.61. The van der Waals surface area contributed by atoms with Crippen molar-refractivity contribution in [2.45, 2.75) is 31.3 Å². The van der Waals surface area contributed by atoms with Crippen molar-refractivity contribution in [1.29, 1.82) is 0 Å². The first-order chi connectivity index (χ1) is 12.3. The molecule has 1 heterocycles. The first kappa shape index (κ1) is 18.4. The SMILES string of the molecule is CC(C)Oc1ccc(S(=O)(=O)NCCc2c[nH]c3ccc(F)cc23)cc1. The standard InChI is InChI=1S/C19H21FN2O3S/c1-13(2)25-16-4-6-17(7-5-16)26(23,24)22-10-9-14-12-21-19-8-3-15(20)11-18(14)19/h3-8,11-13,21-22H,9-10H2,1-2H3. The van der Waals surface area contributed by atoms with Crippen LogP contribution in [-0.2, 0) is 16.4 Å². The Hall–Kier alpha value is -2.38. The summed E-state index contributed by atoms with van der Waals surface area (Å²) in [5, 5.41) is 0.763. The van der Waals surface area contributed by atoms with Crippen LogP contribution in [0.25, 0.3) is 10.9 Å². The number of H-pyrrole nitrogens is 1. The van der Waals surface area contributed by atoms with Crippen molar-refractivity contribution >= 4 is 20.9 Å². The van der Waals surface area contributed by atoms with E-state index in [1.54, 1.807) is 24.4 Å². The summed E-state index contributed by atoms with van der Waals surface area (Å²) in [6.45, 7) is 4.03. The van der Waals surface area contributed by atoms with Gasteiger partial charge in [-0.05, 0) is 68.3 Å². The molecular formula is C19H21FN2O3S. The van der Waals surface area contributed by atoms with Gasteiger partial charge in [-0.2, -0.15) is 0 Å². The smallest absolute Gasteiger partial charge is 0.240 e. The summed E-state index contributed by atoms with van der Waals surface area (Å²) in [4.78, 5) is 3.24. The molecule has 0 radical (unpaired) electrons. The molecule has 0 atom stereocenters. The third kappa shape index (κ3) is 4.23. The Kier molecular flexibility index (Phi) is 5.29. The monoisotopic (exact) mass is 376 g/mol. The number of nitrogens with one attached hydrogen (secondary N) is 2. The van der Waals surface area contributed by atoms with Gasteiger partial charge < -0.3 is 9.72 Å². The molecule has 0 amide bonds. The fourth-order valence-electron chi connectivity index (χ4n) is 2.73. The van der Waals surface area contributed by atoms with Crippen LogP contribution in [-0.4, -0.2) is 26.1 Å². The van der Waals surface area contributed by atoms with E-state index in [4.69, 9.17) is 4.74 Å². The normalized spacial score (nSPS) is 12.0. The third-order valence-corrected chi connectivity index (χ3v) is 5.40. The lowest BCUT2D eigenvalue weighted by molar-refractivity contribution is 0.242. The summed E-state index contributed by atoms with van der Waals surface area (Å²) in [6.07, 6.45) is 2.25. The van der Waals surface area contributed by atoms with E-state index >= 15 is 0 Å². The maximum atomic E-state index is 13.4. The molecule has 3 rings (SSSR count). The van der Waals surface area contributed by atoms with Gasteiger partial charge in [-0.3, -0.25) is 0 Å². The van der Waals surface area contributed by atoms with E-state index in [2.05, 4.69) is 9.71 Å². The fourth-order valence-corrected chi connectivity index (χ4v) is 3.76. The average Bonchev–Trinajstić information content (AvgIpc) is 2.97. The quantitative estimate of drug-likeness (QED) is 0.662. The van der Waals surface area contributed by atoms with E-state index < -0.39 is 10.0 Å². The molecule has 138 valence electrons. The number of halogens is 1. The number of aromatic amines is 1. The van der Waals surface area contributed by atoms with Crippen LogP contribution in [0, 0.1) is 5.82 Å². The molecule has 0 aliphatic carbocycles. The number of aromatic nitrogens is 1. The molecule has 3 aromatic rings. The minimum Gasteiger partial charge on any atom is -0.491 e. The van der Waals surface area contributed by atoms with Gasteiger partial charge in [-0.1, -0.05) is 0 Å². The second-order valence-electron chi connectivity index (χ2n) is 6.29. The molecular weight excluding hydrogens is 355 g/mol. The third-order valence-electron chi connectivity index (χ3n) is 3.92. The van der Waals surface area contributed by atoms with E-state index in [1.807, 2.05) is 13.8 Å². The molecule has 2 N–H and O–H groups in total. The predicted octanol–water partition coefficient (Wildman–Crippen LogP) is 3.62. The largest absolute Gasteiger partial charge is 0.491 e. The molecule has 0 saturated carbocycles. The summed E-state index contributed by atoms with van der Waals surface area (Å²) < 4.78 is 46.3. The van der Waals surface area contributed by atoms with E-state index in [-0.39, 0.29) is 23.4 Å². The average molecular weight is 376 g/mol. The molecule has 1 aromatic heterocycles. The summed E-state index contributed by atoms with van der Waals surface area (Å²) in [5.41, 5.74) is 1.69. The number of hydrogen-bond acceptors (Lipinski definition) is 3. The molecule has 5 nitrogen and oxygen atoms in total. The number of sulfonamides is 1. The van der Waals surface area contributed by atoms with Crippen LogP contribution >= 0.6 is 0 Å². The van der Waals surface area contributed by atoms with E-state index in [9.17, 15) is 12.8 Å². The Labute approximate surface area is 152 Å². The van der Waals surface area contributed by atoms with Crippen LogP contribution in [0.4, 0.5) is 4.39 Å². The molecule has 26 heavy (non-hydrogen) atoms. The highest BCUT2D eigenvalue weighted by Crippen LogP contribution is 2.20. The van der Waals surface area contributed by atoms with E-state index in [0.29, 0.717) is 12.2 Å². The highest BCUT2D eigenvalue weighted by Gasteiger charge is 2.14. The van der Waals surface area contributed by atoms with Crippen molar-refractivity contribution in [3.8, 4) is 5.75 Å². The van der Waals surface area contributed by atoms with Crippen molar-refractivity contribution in [2.24, 2.45) is 0 Å². The van der Waals surface area contributed by atoms with Gasteiger partial charge in [-0.15, -0.1) is 0 Å². The molecule has 0 aliphatic heterocycles. The molecule has 2 aromatic carbocycles. The van der Waals surface area contributed by atoms with Gasteiger partial charge in [0.15, 0.2) is 0 Å². The lowest BCUT2D eigenvalue weighted by Gasteiger charge is -2.11. The molecule has 0 bridgehead atoms. The van der Waals surface area contributed by atoms with Crippen molar-refractivity contribution in [3.63, 3.8) is 0 Å². The minimum absolute atomic E-state index is 0.0246. The molecule has 7 heteroatoms. The van der Waals surface area contributed by atoms with E-state index in [0.717, 1.165) is 16.5 Å². The number of rotatable bonds is 7. The lowest BCUT2D eigenvalue weighted by Crippen LogP contribution is -2.25. The Morgan fingerprint density at radius 1 is 1.15 bits per heavy atom. The molecule has 0 unspecified atom stereocenters. The van der Waals surface area contributed by atoms with Crippen LogP contribution in [0.3, 0.4) is 0 Å². The van der Waals surface area contributed by atoms with Crippen molar-refractivity contribution < 1.29 is 17.5 Å². The Balaban J connectivity index is 1.65. The zero-order valence-corrected chi connectivity index (χ0v) is 15.4. The Morgan fingerprint density at radius 3 is 2.58 bits per heavy atom. The maximum absolute atomic E-state index is 13.4. The number of ether oxygens (including phenoxy) is 1. The van der Waals surface area contributed by atoms with Crippen LogP contribution in [0.1, 0.15) is 19.4 Å². The van der Waals surface area contributed by atoms with Gasteiger partial charge >= 0.3 is 0 Å². The van der Waals surface area contributed by atoms with Gasteiger partial charge in [0, 0.05) is 23.6 Å². The van der Waals surface area contributed by atoms with Crippen LogP contribution in [0.5, 0.6) is 5.75 Å². The number of fused-ring (bicyclic) bond motifs is 1. The zero-order valence-electron chi connectivity index (χ0n) is 14.6. The summed E-state index contributed by atoms with van der Waals surface area (Å²) >= 11 is 0. The van der Waals surface area contributed by atoms with Crippen molar-refractivity contribution in [2.75, 3.05) is 6.54 Å². The molecule has 0 fully saturated rings. The molecule has 0 saturated heterocycles. The van der Waals surface area contributed by atoms with Crippen molar-refractivity contribution in [3.05, 3.63) is 60.0 Å². The van der Waals surface area contributed by atoms with Crippen molar-refractivity contribution in [1.82, 2.24) is 9.71 Å². The number of benzene rings is 2. The first-order valence-electron chi connectivity index (χ1n) is 8.37. The van der Waals surface area contributed by atoms with Crippen LogP contribution in [0.15, 0.2) is 53.6 Å². The number of hydrogen-bond donors (Lipinski definition) is 2. The van der Waals surface area contributed by atoms with Crippen LogP contribution in [0.2, 0.25) is 0 Å². The van der Waals surface area contributed by atoms with Gasteiger partial charge in [-0.25, -0.2) is 17.5 Å². The second-order valence-corrected chi connectivity index (χ2v) is 8.06. The van der Waals surface area contributed by atoms with E-state index in [1.165, 1.54) is 24.3 Å². The first-order valence-corrected chi connectivity index (χ1v) is 9.85. The summed E-state index contributed by atoms with van der Waals surface area (Å²) in [6, 6.07) is 10.8. The fraction of sp³-hybridized carbons (Fsp3) is 0.263. The van der Waals surface area contributed by atoms with Gasteiger partial charge in [0.2, 0.25) is 10.0 Å². The Bertz CT molecular complexity index is 995. The lowest BCUT2D eigenvalue weighted by atomic mass is 10.1. The molecule has 0 spiro atoms. The minimum atomic E-state index is -3.61. The highest BCUT2D eigenvalue weighted by atomic mass is 32.2. The maximum Gasteiger partial charge on any atom is 0.240 e. The molecule has 0 aliphatic rings. The topological polar surface area (TPSA) is 71.2 Å². The van der Waals surface area contributed by atoms with Gasteiger partial charge in [0.05, 0.1) is 11.0 Å².